The van der Waals surface area contributed by atoms with Crippen molar-refractivity contribution < 1.29 is 49.3 Å². The molecular formula is C17H22O10. The number of methoxy groups -OCH3 is 2. The standard InChI is InChI=1S/C17H22O10/c1-24-9-5-8(6-10(25-2)13(9)19)3-4-12(18)26-7-11-14(20)15(21)16(22)17(23)27-11/h3-6,11,14-17,19-23H,7H2,1-2H3. The van der Waals surface area contributed by atoms with Gasteiger partial charge in [-0.1, -0.05) is 0 Å². The smallest absolute Gasteiger partial charge is 0.330 e. The molecule has 0 radical (unpaired) electrons. The van der Waals surface area contributed by atoms with Crippen LogP contribution < -0.4 is 9.47 Å². The highest BCUT2D eigenvalue weighted by atomic mass is 16.6. The van der Waals surface area contributed by atoms with E-state index in [1.807, 2.05) is 0 Å². The first kappa shape index (κ1) is 20.9. The third-order valence-corrected chi connectivity index (χ3v) is 3.99. The zero-order chi connectivity index (χ0) is 20.1. The Morgan fingerprint density at radius 1 is 1.07 bits per heavy atom. The second kappa shape index (κ2) is 9.02. The minimum Gasteiger partial charge on any atom is -0.502 e. The lowest BCUT2D eigenvalue weighted by Crippen LogP contribution is -2.58. The summed E-state index contributed by atoms with van der Waals surface area (Å²) in [5.74, 6) is -0.653. The van der Waals surface area contributed by atoms with Crippen molar-refractivity contribution in [1.29, 1.82) is 0 Å². The Labute approximate surface area is 154 Å². The number of rotatable bonds is 6. The lowest BCUT2D eigenvalue weighted by Gasteiger charge is -2.37. The molecule has 5 unspecified atom stereocenters. The molecule has 5 atom stereocenters. The van der Waals surface area contributed by atoms with Crippen molar-refractivity contribution in [3.63, 3.8) is 0 Å². The largest absolute Gasteiger partial charge is 0.502 e. The minimum absolute atomic E-state index is 0.155. The average molecular weight is 386 g/mol. The van der Waals surface area contributed by atoms with Crippen molar-refractivity contribution in [2.24, 2.45) is 0 Å². The van der Waals surface area contributed by atoms with Crippen LogP contribution in [0.5, 0.6) is 17.2 Å². The van der Waals surface area contributed by atoms with Gasteiger partial charge in [-0.3, -0.25) is 0 Å². The summed E-state index contributed by atoms with van der Waals surface area (Å²) < 4.78 is 19.8. The topological polar surface area (TPSA) is 155 Å². The molecule has 10 nitrogen and oxygen atoms in total. The van der Waals surface area contributed by atoms with Crippen molar-refractivity contribution in [2.45, 2.75) is 30.7 Å². The van der Waals surface area contributed by atoms with Gasteiger partial charge in [-0.15, -0.1) is 0 Å². The molecule has 27 heavy (non-hydrogen) atoms. The molecule has 1 aliphatic heterocycles. The van der Waals surface area contributed by atoms with Crippen LogP contribution in [0, 0.1) is 0 Å². The van der Waals surface area contributed by atoms with Gasteiger partial charge in [0.25, 0.3) is 0 Å². The van der Waals surface area contributed by atoms with Crippen LogP contribution in [0.2, 0.25) is 0 Å². The van der Waals surface area contributed by atoms with Crippen molar-refractivity contribution in [2.75, 3.05) is 20.8 Å². The van der Waals surface area contributed by atoms with Crippen LogP contribution in [0.25, 0.3) is 6.08 Å². The number of phenols is 1. The van der Waals surface area contributed by atoms with Gasteiger partial charge in [0.2, 0.25) is 5.75 Å². The van der Waals surface area contributed by atoms with Gasteiger partial charge in [-0.2, -0.15) is 0 Å². The summed E-state index contributed by atoms with van der Waals surface area (Å²) in [6.07, 6.45) is -5.27. The molecule has 150 valence electrons. The van der Waals surface area contributed by atoms with Crippen LogP contribution in [0.3, 0.4) is 0 Å². The fourth-order valence-corrected chi connectivity index (χ4v) is 2.46. The molecule has 1 heterocycles. The van der Waals surface area contributed by atoms with Crippen LogP contribution in [-0.2, 0) is 14.3 Å². The highest BCUT2D eigenvalue weighted by Crippen LogP contribution is 2.37. The van der Waals surface area contributed by atoms with Gasteiger partial charge in [0, 0.05) is 6.08 Å². The van der Waals surface area contributed by atoms with E-state index in [4.69, 9.17) is 18.9 Å². The quantitative estimate of drug-likeness (QED) is 0.296. The number of carbonyl (C=O) groups is 1. The molecule has 0 bridgehead atoms. The van der Waals surface area contributed by atoms with E-state index in [9.17, 15) is 30.3 Å². The number of carbonyl (C=O) groups excluding carboxylic acids is 1. The summed E-state index contributed by atoms with van der Waals surface area (Å²) in [5.41, 5.74) is 0.487. The first-order valence-corrected chi connectivity index (χ1v) is 7.96. The van der Waals surface area contributed by atoms with Crippen LogP contribution in [0.4, 0.5) is 0 Å². The van der Waals surface area contributed by atoms with E-state index in [1.165, 1.54) is 32.4 Å². The predicted octanol–water partition coefficient (Wildman–Crippen LogP) is -1.23. The Kier molecular flexibility index (Phi) is 6.99. The maximum Gasteiger partial charge on any atom is 0.330 e. The van der Waals surface area contributed by atoms with Crippen molar-refractivity contribution in [3.8, 4) is 17.2 Å². The molecule has 1 aromatic rings. The Morgan fingerprint density at radius 2 is 1.67 bits per heavy atom. The fourth-order valence-electron chi connectivity index (χ4n) is 2.46. The lowest BCUT2D eigenvalue weighted by atomic mass is 9.99. The average Bonchev–Trinajstić information content (AvgIpc) is 2.67. The summed E-state index contributed by atoms with van der Waals surface area (Å²) in [6.45, 7) is -0.451. The van der Waals surface area contributed by atoms with Gasteiger partial charge >= 0.3 is 5.97 Å². The molecule has 5 N–H and O–H groups in total. The summed E-state index contributed by atoms with van der Waals surface area (Å²) in [7, 11) is 2.73. The Bertz CT molecular complexity index is 663. The first-order chi connectivity index (χ1) is 12.8. The van der Waals surface area contributed by atoms with Crippen molar-refractivity contribution in [1.82, 2.24) is 0 Å². The number of aromatic hydroxyl groups is 1. The molecule has 1 aromatic carbocycles. The predicted molar refractivity (Wildman–Crippen MR) is 90.1 cm³/mol. The molecule has 1 fully saturated rings. The maximum absolute atomic E-state index is 11.8. The molecule has 0 spiro atoms. The molecule has 0 aliphatic carbocycles. The fraction of sp³-hybridized carbons (Fsp3) is 0.471. The Hall–Kier alpha value is -2.37. The van der Waals surface area contributed by atoms with Gasteiger partial charge in [-0.05, 0) is 23.8 Å². The molecule has 10 heteroatoms. The van der Waals surface area contributed by atoms with Crippen molar-refractivity contribution >= 4 is 12.0 Å². The molecule has 0 saturated carbocycles. The first-order valence-electron chi connectivity index (χ1n) is 7.96. The van der Waals surface area contributed by atoms with E-state index < -0.39 is 43.3 Å². The Balaban J connectivity index is 1.98. The second-order valence-corrected chi connectivity index (χ2v) is 5.77. The second-order valence-electron chi connectivity index (χ2n) is 5.77. The van der Waals surface area contributed by atoms with E-state index in [1.54, 1.807) is 0 Å². The molecule has 0 aromatic heterocycles. The molecular weight excluding hydrogens is 364 g/mol. The maximum atomic E-state index is 11.8. The van der Waals surface area contributed by atoms with Gasteiger partial charge in [0.15, 0.2) is 17.8 Å². The van der Waals surface area contributed by atoms with E-state index in [0.29, 0.717) is 5.56 Å². The number of aliphatic hydroxyl groups excluding tert-OH is 4. The molecule has 1 saturated heterocycles. The number of benzene rings is 1. The third kappa shape index (κ3) is 4.87. The van der Waals surface area contributed by atoms with Gasteiger partial charge < -0.3 is 44.5 Å². The van der Waals surface area contributed by atoms with Crippen LogP contribution in [-0.4, -0.2) is 83.0 Å². The van der Waals surface area contributed by atoms with Gasteiger partial charge in [0.05, 0.1) is 14.2 Å². The van der Waals surface area contributed by atoms with Crippen LogP contribution in [0.15, 0.2) is 18.2 Å². The SMILES string of the molecule is COc1cc(C=CC(=O)OCC2OC(O)C(O)C(O)C2O)cc(OC)c1O. The number of hydrogen-bond donors (Lipinski definition) is 5. The van der Waals surface area contributed by atoms with Crippen molar-refractivity contribution in [3.05, 3.63) is 23.8 Å². The Morgan fingerprint density at radius 3 is 2.22 bits per heavy atom. The summed E-state index contributed by atoms with van der Waals surface area (Å²) in [4.78, 5) is 11.8. The molecule has 0 amide bonds. The highest BCUT2D eigenvalue weighted by molar-refractivity contribution is 5.87. The van der Waals surface area contributed by atoms with E-state index in [-0.39, 0.29) is 17.2 Å². The van der Waals surface area contributed by atoms with Crippen LogP contribution >= 0.6 is 0 Å². The van der Waals surface area contributed by atoms with Crippen LogP contribution in [0.1, 0.15) is 5.56 Å². The van der Waals surface area contributed by atoms with Gasteiger partial charge in [0.1, 0.15) is 31.0 Å². The zero-order valence-electron chi connectivity index (χ0n) is 14.7. The minimum atomic E-state index is -1.71. The monoisotopic (exact) mass is 386 g/mol. The number of esters is 1. The van der Waals surface area contributed by atoms with E-state index in [2.05, 4.69) is 0 Å². The number of phenolic OH excluding ortho intramolecular Hbond substituents is 1. The van der Waals surface area contributed by atoms with E-state index >= 15 is 0 Å². The molecule has 1 aliphatic rings. The normalized spacial score (nSPS) is 28.1. The summed E-state index contributed by atoms with van der Waals surface area (Å²) in [6, 6.07) is 2.95. The number of ether oxygens (including phenoxy) is 4. The third-order valence-electron chi connectivity index (χ3n) is 3.99. The summed E-state index contributed by atoms with van der Waals surface area (Å²) >= 11 is 0. The number of aliphatic hydroxyl groups is 4. The summed E-state index contributed by atoms with van der Waals surface area (Å²) in [5, 5.41) is 48.0. The number of hydrogen-bond acceptors (Lipinski definition) is 10. The van der Waals surface area contributed by atoms with Gasteiger partial charge in [-0.25, -0.2) is 4.79 Å². The molecule has 2 rings (SSSR count). The van der Waals surface area contributed by atoms with E-state index in [0.717, 1.165) is 6.08 Å². The zero-order valence-corrected chi connectivity index (χ0v) is 14.7. The highest BCUT2D eigenvalue weighted by Gasteiger charge is 2.43. The lowest BCUT2D eigenvalue weighted by molar-refractivity contribution is -0.287.